The highest BCUT2D eigenvalue weighted by atomic mass is 28.4. The molecule has 0 aliphatic carbocycles. The predicted octanol–water partition coefficient (Wildman–Crippen LogP) is 1.24. The Morgan fingerprint density at radius 2 is 1.53 bits per heavy atom. The Labute approximate surface area is 104 Å². The minimum atomic E-state index is -1.68. The van der Waals surface area contributed by atoms with Crippen LogP contribution in [0.1, 0.15) is 0 Å². The zero-order chi connectivity index (χ0) is 13.1. The largest absolute Gasteiger partial charge is 0.391 e. The molecule has 6 heteroatoms. The van der Waals surface area contributed by atoms with Crippen molar-refractivity contribution in [2.24, 2.45) is 0 Å². The molecule has 0 aromatic heterocycles. The van der Waals surface area contributed by atoms with Crippen LogP contribution in [0.2, 0.25) is 19.6 Å². The number of hydrogen-bond donors (Lipinski definition) is 0. The van der Waals surface area contributed by atoms with Gasteiger partial charge in [-0.15, -0.1) is 0 Å². The summed E-state index contributed by atoms with van der Waals surface area (Å²) in [4.78, 5) is 0. The topological polar surface area (TPSA) is 46.2 Å². The van der Waals surface area contributed by atoms with Crippen molar-refractivity contribution in [3.63, 3.8) is 0 Å². The van der Waals surface area contributed by atoms with E-state index in [1.54, 1.807) is 21.3 Å². The quantitative estimate of drug-likeness (QED) is 0.699. The maximum atomic E-state index is 5.96. The van der Waals surface area contributed by atoms with Crippen LogP contribution < -0.4 is 0 Å². The van der Waals surface area contributed by atoms with Gasteiger partial charge in [0.2, 0.25) is 0 Å². The first-order valence-corrected chi connectivity index (χ1v) is 9.21. The highest BCUT2D eigenvalue weighted by Crippen LogP contribution is 2.25. The van der Waals surface area contributed by atoms with Crippen LogP contribution in [0.4, 0.5) is 0 Å². The molecule has 1 aliphatic heterocycles. The van der Waals surface area contributed by atoms with Crippen molar-refractivity contribution < 1.29 is 23.4 Å². The van der Waals surface area contributed by atoms with Crippen LogP contribution in [0.5, 0.6) is 0 Å². The molecule has 0 aromatic carbocycles. The molecule has 0 radical (unpaired) electrons. The molecule has 17 heavy (non-hydrogen) atoms. The average Bonchev–Trinajstić information content (AvgIpc) is 2.26. The average molecular weight is 264 g/mol. The molecule has 1 aliphatic rings. The first kappa shape index (κ1) is 15.1. The van der Waals surface area contributed by atoms with Crippen LogP contribution >= 0.6 is 0 Å². The van der Waals surface area contributed by atoms with Crippen LogP contribution in [-0.4, -0.2) is 60.9 Å². The molecule has 4 atom stereocenters. The first-order chi connectivity index (χ1) is 7.92. The Balaban J connectivity index is 2.73. The monoisotopic (exact) mass is 264 g/mol. The fraction of sp³-hybridized carbons (Fsp3) is 1.00. The SMILES string of the molecule is CO[C@@H]1[C@@H](OC)COC(O[Si](C)(C)C)[C@@H]1OC. The van der Waals surface area contributed by atoms with Crippen LogP contribution in [0.3, 0.4) is 0 Å². The highest BCUT2D eigenvalue weighted by molar-refractivity contribution is 6.69. The van der Waals surface area contributed by atoms with E-state index in [0.29, 0.717) is 6.61 Å². The summed E-state index contributed by atoms with van der Waals surface area (Å²) in [6.45, 7) is 6.82. The summed E-state index contributed by atoms with van der Waals surface area (Å²) in [7, 11) is 3.26. The van der Waals surface area contributed by atoms with Gasteiger partial charge in [-0.25, -0.2) is 0 Å². The normalized spacial score (nSPS) is 34.9. The second kappa shape index (κ2) is 6.26. The van der Waals surface area contributed by atoms with Crippen molar-refractivity contribution in [2.45, 2.75) is 44.2 Å². The zero-order valence-corrected chi connectivity index (χ0v) is 12.6. The van der Waals surface area contributed by atoms with Crippen molar-refractivity contribution >= 4 is 8.32 Å². The summed E-state index contributed by atoms with van der Waals surface area (Å²) in [5.41, 5.74) is 0. The predicted molar refractivity (Wildman–Crippen MR) is 66.6 cm³/mol. The van der Waals surface area contributed by atoms with Gasteiger partial charge < -0.3 is 23.4 Å². The van der Waals surface area contributed by atoms with E-state index in [0.717, 1.165) is 0 Å². The van der Waals surface area contributed by atoms with E-state index in [2.05, 4.69) is 19.6 Å². The van der Waals surface area contributed by atoms with E-state index in [1.165, 1.54) is 0 Å². The van der Waals surface area contributed by atoms with E-state index in [4.69, 9.17) is 23.4 Å². The lowest BCUT2D eigenvalue weighted by Gasteiger charge is -2.42. The summed E-state index contributed by atoms with van der Waals surface area (Å²) in [6, 6.07) is 0. The Morgan fingerprint density at radius 1 is 0.941 bits per heavy atom. The molecule has 0 N–H and O–H groups in total. The van der Waals surface area contributed by atoms with Crippen molar-refractivity contribution in [3.8, 4) is 0 Å². The molecule has 0 aromatic rings. The van der Waals surface area contributed by atoms with Gasteiger partial charge in [0.05, 0.1) is 6.61 Å². The van der Waals surface area contributed by atoms with Crippen LogP contribution in [-0.2, 0) is 23.4 Å². The van der Waals surface area contributed by atoms with Gasteiger partial charge in [-0.05, 0) is 19.6 Å². The third-order valence-corrected chi connectivity index (χ3v) is 3.64. The molecule has 0 saturated carbocycles. The molecule has 0 bridgehead atoms. The molecule has 5 nitrogen and oxygen atoms in total. The van der Waals surface area contributed by atoms with Gasteiger partial charge in [-0.1, -0.05) is 0 Å². The summed E-state index contributed by atoms with van der Waals surface area (Å²) < 4.78 is 27.9. The van der Waals surface area contributed by atoms with Crippen molar-refractivity contribution in [1.82, 2.24) is 0 Å². The maximum absolute atomic E-state index is 5.96. The molecule has 1 saturated heterocycles. The molecule has 1 rings (SSSR count). The fourth-order valence-corrected chi connectivity index (χ4v) is 2.83. The number of ether oxygens (including phenoxy) is 4. The minimum absolute atomic E-state index is 0.119. The number of methoxy groups -OCH3 is 3. The summed E-state index contributed by atoms with van der Waals surface area (Å²) in [5.74, 6) is 0. The minimum Gasteiger partial charge on any atom is -0.391 e. The van der Waals surface area contributed by atoms with Gasteiger partial charge in [0.15, 0.2) is 14.6 Å². The first-order valence-electron chi connectivity index (χ1n) is 5.80. The third-order valence-electron chi connectivity index (χ3n) is 2.70. The smallest absolute Gasteiger partial charge is 0.187 e. The molecule has 1 heterocycles. The van der Waals surface area contributed by atoms with Crippen molar-refractivity contribution in [3.05, 3.63) is 0 Å². The second-order valence-electron chi connectivity index (χ2n) is 5.11. The van der Waals surface area contributed by atoms with Gasteiger partial charge in [-0.2, -0.15) is 0 Å². The van der Waals surface area contributed by atoms with E-state index in [9.17, 15) is 0 Å². The number of rotatable bonds is 5. The van der Waals surface area contributed by atoms with E-state index in [-0.39, 0.29) is 24.6 Å². The Kier molecular flexibility index (Phi) is 5.55. The summed E-state index contributed by atoms with van der Waals surface area (Å²) >= 11 is 0. The van der Waals surface area contributed by atoms with Crippen LogP contribution in [0.25, 0.3) is 0 Å². The molecule has 102 valence electrons. The summed E-state index contributed by atoms with van der Waals surface area (Å²) in [5, 5.41) is 0. The molecular weight excluding hydrogens is 240 g/mol. The van der Waals surface area contributed by atoms with E-state index < -0.39 is 8.32 Å². The van der Waals surface area contributed by atoms with E-state index >= 15 is 0 Å². The third kappa shape index (κ3) is 4.01. The van der Waals surface area contributed by atoms with Gasteiger partial charge in [0.25, 0.3) is 0 Å². The Morgan fingerprint density at radius 3 is 1.94 bits per heavy atom. The van der Waals surface area contributed by atoms with E-state index in [1.807, 2.05) is 0 Å². The van der Waals surface area contributed by atoms with Crippen molar-refractivity contribution in [2.75, 3.05) is 27.9 Å². The van der Waals surface area contributed by atoms with Crippen LogP contribution in [0.15, 0.2) is 0 Å². The standard InChI is InChI=1S/C11H24O5Si/c1-12-8-7-15-11(16-17(4,5)6)10(14-3)9(8)13-2/h8-11H,7H2,1-6H3/t8-,9+,10+,11?/m0/s1. The fourth-order valence-electron chi connectivity index (χ4n) is 1.93. The molecule has 1 fully saturated rings. The Bertz CT molecular complexity index is 230. The molecule has 0 spiro atoms. The van der Waals surface area contributed by atoms with Crippen LogP contribution in [0, 0.1) is 0 Å². The zero-order valence-electron chi connectivity index (χ0n) is 11.6. The van der Waals surface area contributed by atoms with Gasteiger partial charge >= 0.3 is 0 Å². The Hall–Kier alpha value is 0.0169. The van der Waals surface area contributed by atoms with Crippen molar-refractivity contribution in [1.29, 1.82) is 0 Å². The molecule has 1 unspecified atom stereocenters. The van der Waals surface area contributed by atoms with Gasteiger partial charge in [0.1, 0.15) is 18.3 Å². The number of hydrogen-bond acceptors (Lipinski definition) is 5. The maximum Gasteiger partial charge on any atom is 0.187 e. The molecular formula is C11H24O5Si. The second-order valence-corrected chi connectivity index (χ2v) is 9.57. The molecule has 0 amide bonds. The highest BCUT2D eigenvalue weighted by Gasteiger charge is 2.43. The summed E-state index contributed by atoms with van der Waals surface area (Å²) in [6.07, 6.45) is -0.917. The lowest BCUT2D eigenvalue weighted by molar-refractivity contribution is -0.261. The van der Waals surface area contributed by atoms with Gasteiger partial charge in [0, 0.05) is 21.3 Å². The lowest BCUT2D eigenvalue weighted by atomic mass is 10.1. The lowest BCUT2D eigenvalue weighted by Crippen LogP contribution is -2.57. The van der Waals surface area contributed by atoms with Gasteiger partial charge in [-0.3, -0.25) is 0 Å².